The van der Waals surface area contributed by atoms with Gasteiger partial charge in [-0.25, -0.2) is 4.98 Å². The van der Waals surface area contributed by atoms with E-state index >= 15 is 0 Å². The molecule has 0 unspecified atom stereocenters. The van der Waals surface area contributed by atoms with E-state index in [1.807, 2.05) is 0 Å². The zero-order valence-corrected chi connectivity index (χ0v) is 19.6. The first-order chi connectivity index (χ1) is 16.8. The maximum absolute atomic E-state index is 11.9. The lowest BCUT2D eigenvalue weighted by Crippen LogP contribution is -2.40. The van der Waals surface area contributed by atoms with Gasteiger partial charge in [-0.1, -0.05) is 12.8 Å². The molecule has 0 radical (unpaired) electrons. The predicted molar refractivity (Wildman–Crippen MR) is 119 cm³/mol. The van der Waals surface area contributed by atoms with Crippen LogP contribution in [-0.2, 0) is 33.3 Å². The highest BCUT2D eigenvalue weighted by Gasteiger charge is 2.51. The zero-order chi connectivity index (χ0) is 25.1. The van der Waals surface area contributed by atoms with E-state index in [4.69, 9.17) is 25.5 Å². The molecule has 13 heteroatoms. The number of hydrogen-bond acceptors (Lipinski definition) is 11. The van der Waals surface area contributed by atoms with Crippen molar-refractivity contribution < 1.29 is 33.3 Å². The number of esters is 3. The van der Waals surface area contributed by atoms with Gasteiger partial charge in [0.2, 0.25) is 11.5 Å². The lowest BCUT2D eigenvalue weighted by atomic mass is 10.1. The van der Waals surface area contributed by atoms with Crippen molar-refractivity contribution in [3.8, 4) is 0 Å². The molecule has 35 heavy (non-hydrogen) atoms. The van der Waals surface area contributed by atoms with E-state index in [0.717, 1.165) is 25.7 Å². The molecule has 0 aromatic carbocycles. The molecule has 4 rings (SSSR count). The van der Waals surface area contributed by atoms with Crippen LogP contribution < -0.4 is 5.32 Å². The number of rotatable bonds is 7. The average Bonchev–Trinajstić information content (AvgIpc) is 3.52. The molecule has 186 valence electrons. The zero-order valence-electron chi connectivity index (χ0n) is 19.6. The Labute approximate surface area is 200 Å². The molecule has 3 heterocycles. The van der Waals surface area contributed by atoms with Crippen molar-refractivity contribution in [1.82, 2.24) is 19.5 Å². The summed E-state index contributed by atoms with van der Waals surface area (Å²) in [4.78, 5) is 51.6. The predicted octanol–water partition coefficient (Wildman–Crippen LogP) is 2.06. The highest BCUT2D eigenvalue weighted by atomic mass is 16.7. The number of nitrogens with zero attached hydrogens (tertiary/aromatic N) is 5. The highest BCUT2D eigenvalue weighted by Crippen LogP contribution is 2.37. The van der Waals surface area contributed by atoms with Crippen molar-refractivity contribution in [1.29, 1.82) is 0 Å². The van der Waals surface area contributed by atoms with Crippen molar-refractivity contribution in [2.24, 2.45) is 0 Å². The van der Waals surface area contributed by atoms with Crippen molar-refractivity contribution in [3.63, 3.8) is 0 Å². The van der Waals surface area contributed by atoms with Gasteiger partial charge in [0, 0.05) is 26.8 Å². The molecule has 2 fully saturated rings. The van der Waals surface area contributed by atoms with Crippen LogP contribution in [0.2, 0.25) is 0 Å². The van der Waals surface area contributed by atoms with E-state index in [1.54, 1.807) is 0 Å². The molecule has 0 spiro atoms. The Balaban J connectivity index is 1.75. The average molecular weight is 486 g/mol. The second-order valence-electron chi connectivity index (χ2n) is 8.45. The molecule has 1 aliphatic heterocycles. The third-order valence-electron chi connectivity index (χ3n) is 5.82. The van der Waals surface area contributed by atoms with Crippen molar-refractivity contribution >= 4 is 40.8 Å². The SMILES string of the molecule is [C-]#[N+]c1nc(NC2CCCC2)c2ncn([C@@H]3O[C@H](COC(C)=O)[C@@H](OC(C)=O)[C@H]3OC(C)=O)c2n1. The summed E-state index contributed by atoms with van der Waals surface area (Å²) in [6.45, 7) is 10.9. The summed E-state index contributed by atoms with van der Waals surface area (Å²) in [7, 11) is 0. The van der Waals surface area contributed by atoms with Crippen molar-refractivity contribution in [2.45, 2.75) is 77.0 Å². The summed E-state index contributed by atoms with van der Waals surface area (Å²) in [5.74, 6) is -1.46. The number of carbonyl (C=O) groups excluding carboxylic acids is 3. The fourth-order valence-electron chi connectivity index (χ4n) is 4.42. The maximum atomic E-state index is 11.9. The van der Waals surface area contributed by atoms with Crippen LogP contribution in [0.3, 0.4) is 0 Å². The molecular formula is C22H26N6O7. The fourth-order valence-corrected chi connectivity index (χ4v) is 4.42. The number of carbonyl (C=O) groups is 3. The minimum atomic E-state index is -1.09. The first kappa shape index (κ1) is 24.3. The fraction of sp³-hybridized carbons (Fsp3) is 0.591. The Morgan fingerprint density at radius 1 is 1.11 bits per heavy atom. The van der Waals surface area contributed by atoms with E-state index in [-0.39, 0.29) is 24.2 Å². The molecular weight excluding hydrogens is 460 g/mol. The first-order valence-corrected chi connectivity index (χ1v) is 11.3. The summed E-state index contributed by atoms with van der Waals surface area (Å²) >= 11 is 0. The minimum absolute atomic E-state index is 0.0882. The van der Waals surface area contributed by atoms with E-state index in [2.05, 4.69) is 25.1 Å². The molecule has 0 bridgehead atoms. The number of fused-ring (bicyclic) bond motifs is 1. The van der Waals surface area contributed by atoms with Gasteiger partial charge in [-0.15, -0.1) is 16.5 Å². The molecule has 13 nitrogen and oxygen atoms in total. The summed E-state index contributed by atoms with van der Waals surface area (Å²) in [5, 5.41) is 3.36. The third kappa shape index (κ3) is 5.32. The highest BCUT2D eigenvalue weighted by molar-refractivity contribution is 5.84. The summed E-state index contributed by atoms with van der Waals surface area (Å²) in [6.07, 6.45) is 1.53. The number of imidazole rings is 1. The number of nitrogens with one attached hydrogen (secondary N) is 1. The van der Waals surface area contributed by atoms with Gasteiger partial charge in [-0.3, -0.25) is 19.0 Å². The second-order valence-corrected chi connectivity index (χ2v) is 8.45. The van der Waals surface area contributed by atoms with E-state index in [9.17, 15) is 14.4 Å². The smallest absolute Gasteiger partial charge is 0.375 e. The number of anilines is 1. The van der Waals surface area contributed by atoms with Crippen molar-refractivity contribution in [3.05, 3.63) is 17.7 Å². The number of hydrogen-bond donors (Lipinski definition) is 1. The van der Waals surface area contributed by atoms with Gasteiger partial charge < -0.3 is 29.1 Å². The van der Waals surface area contributed by atoms with Gasteiger partial charge in [0.15, 0.2) is 24.0 Å². The van der Waals surface area contributed by atoms with E-state index in [0.29, 0.717) is 11.3 Å². The van der Waals surface area contributed by atoms with Crippen LogP contribution in [0.25, 0.3) is 16.0 Å². The van der Waals surface area contributed by atoms with E-state index in [1.165, 1.54) is 31.7 Å². The van der Waals surface area contributed by atoms with Crippen LogP contribution in [0, 0.1) is 6.57 Å². The van der Waals surface area contributed by atoms with Gasteiger partial charge in [0.1, 0.15) is 19.0 Å². The van der Waals surface area contributed by atoms with Crippen LogP contribution in [0.1, 0.15) is 52.7 Å². The van der Waals surface area contributed by atoms with Gasteiger partial charge >= 0.3 is 23.9 Å². The monoisotopic (exact) mass is 486 g/mol. The van der Waals surface area contributed by atoms with Crippen LogP contribution in [-0.4, -0.2) is 68.4 Å². The van der Waals surface area contributed by atoms with Gasteiger partial charge in [-0.05, 0) is 12.8 Å². The lowest BCUT2D eigenvalue weighted by molar-refractivity contribution is -0.166. The Bertz CT molecular complexity index is 1170. The van der Waals surface area contributed by atoms with Gasteiger partial charge in [-0.2, -0.15) is 0 Å². The van der Waals surface area contributed by atoms with Crippen LogP contribution in [0.4, 0.5) is 11.8 Å². The van der Waals surface area contributed by atoms with Gasteiger partial charge in [0.25, 0.3) is 0 Å². The number of ether oxygens (including phenoxy) is 4. The summed E-state index contributed by atoms with van der Waals surface area (Å²) in [6, 6.07) is 0.217. The molecule has 0 amide bonds. The Morgan fingerprint density at radius 2 is 1.80 bits per heavy atom. The minimum Gasteiger partial charge on any atom is -0.463 e. The molecule has 1 saturated heterocycles. The molecule has 1 aliphatic carbocycles. The lowest BCUT2D eigenvalue weighted by Gasteiger charge is -2.23. The number of aromatic nitrogens is 4. The quantitative estimate of drug-likeness (QED) is 0.348. The molecule has 2 aliphatic rings. The largest absolute Gasteiger partial charge is 0.463 e. The molecule has 4 atom stereocenters. The Morgan fingerprint density at radius 3 is 2.43 bits per heavy atom. The van der Waals surface area contributed by atoms with Crippen LogP contribution >= 0.6 is 0 Å². The molecule has 2 aromatic rings. The molecule has 1 saturated carbocycles. The maximum Gasteiger partial charge on any atom is 0.375 e. The summed E-state index contributed by atoms with van der Waals surface area (Å²) < 4.78 is 23.6. The Hall–Kier alpha value is -3.79. The third-order valence-corrected chi connectivity index (χ3v) is 5.82. The molecule has 1 N–H and O–H groups in total. The summed E-state index contributed by atoms with van der Waals surface area (Å²) in [5.41, 5.74) is 0.699. The normalized spacial score (nSPS) is 24.2. The first-order valence-electron chi connectivity index (χ1n) is 11.3. The topological polar surface area (TPSA) is 148 Å². The van der Waals surface area contributed by atoms with Crippen molar-refractivity contribution in [2.75, 3.05) is 11.9 Å². The molecule has 2 aromatic heterocycles. The van der Waals surface area contributed by atoms with Crippen LogP contribution in [0.15, 0.2) is 6.33 Å². The van der Waals surface area contributed by atoms with Crippen LogP contribution in [0.5, 0.6) is 0 Å². The second kappa shape index (κ2) is 10.2. The van der Waals surface area contributed by atoms with Gasteiger partial charge in [0.05, 0.1) is 0 Å². The standard InChI is InChI=1S/C22H26N6O7/c1-11(29)32-9-15-17(33-12(2)30)18(34-13(3)31)21(35-15)28-10-24-16-19(25-14-7-5-6-8-14)26-22(23-4)27-20(16)28/h10,14-15,17-18,21H,5-9H2,1-3H3,(H,25,26,27)/t15-,17-,18-,21-/m1/s1. The Kier molecular flexibility index (Phi) is 7.11. The van der Waals surface area contributed by atoms with E-state index < -0.39 is 42.4 Å².